The van der Waals surface area contributed by atoms with Crippen LogP contribution in [0, 0.1) is 12.8 Å². The van der Waals surface area contributed by atoms with Gasteiger partial charge in [0.1, 0.15) is 0 Å². The van der Waals surface area contributed by atoms with E-state index in [2.05, 4.69) is 10.6 Å². The minimum atomic E-state index is -0.231. The van der Waals surface area contributed by atoms with E-state index in [1.165, 1.54) is 4.90 Å². The Balaban J connectivity index is 2.03. The normalized spacial score (nSPS) is 16.8. The lowest BCUT2D eigenvalue weighted by Crippen LogP contribution is -2.47. The van der Waals surface area contributed by atoms with Crippen LogP contribution in [0.4, 0.5) is 10.5 Å². The zero-order valence-corrected chi connectivity index (χ0v) is 16.8. The van der Waals surface area contributed by atoms with Crippen LogP contribution in [0.25, 0.3) is 0 Å². The Morgan fingerprint density at radius 3 is 2.52 bits per heavy atom. The molecule has 2 N–H and O–H groups in total. The Hall–Kier alpha value is -2.57. The van der Waals surface area contributed by atoms with Crippen LogP contribution in [0.2, 0.25) is 0 Å². The van der Waals surface area contributed by atoms with Crippen molar-refractivity contribution in [1.82, 2.24) is 15.1 Å². The van der Waals surface area contributed by atoms with Gasteiger partial charge in [-0.05, 0) is 57.4 Å². The van der Waals surface area contributed by atoms with Crippen LogP contribution in [0.5, 0.6) is 0 Å². The number of carbonyl (C=O) groups excluding carboxylic acids is 3. The van der Waals surface area contributed by atoms with Crippen molar-refractivity contribution in [2.75, 3.05) is 32.5 Å². The number of benzene rings is 1. The lowest BCUT2D eigenvalue weighted by molar-refractivity contribution is -0.121. The Morgan fingerprint density at radius 1 is 1.22 bits per heavy atom. The summed E-state index contributed by atoms with van der Waals surface area (Å²) in [5.74, 6) is -0.448. The summed E-state index contributed by atoms with van der Waals surface area (Å²) in [5, 5.41) is 5.81. The monoisotopic (exact) mass is 374 g/mol. The first-order chi connectivity index (χ1) is 12.7. The highest BCUT2D eigenvalue weighted by Crippen LogP contribution is 2.22. The van der Waals surface area contributed by atoms with Gasteiger partial charge in [0, 0.05) is 44.5 Å². The number of aryl methyl sites for hydroxylation is 1. The number of nitrogens with one attached hydrogen (secondary N) is 2. The van der Waals surface area contributed by atoms with E-state index in [0.717, 1.165) is 18.4 Å². The van der Waals surface area contributed by atoms with E-state index in [-0.39, 0.29) is 29.8 Å². The van der Waals surface area contributed by atoms with Crippen LogP contribution in [0.3, 0.4) is 0 Å². The molecule has 1 aromatic rings. The van der Waals surface area contributed by atoms with Gasteiger partial charge in [0.05, 0.1) is 5.92 Å². The SMILES string of the molecule is Cc1cc(C(=O)NC(C)C)ccc1NC(=O)C1CCCN(C(=O)N(C)C)C1. The maximum atomic E-state index is 12.7. The molecule has 1 heterocycles. The molecule has 1 aliphatic rings. The van der Waals surface area contributed by atoms with Crippen LogP contribution in [0.15, 0.2) is 18.2 Å². The first-order valence-electron chi connectivity index (χ1n) is 9.37. The summed E-state index contributed by atoms with van der Waals surface area (Å²) < 4.78 is 0. The third-order valence-corrected chi connectivity index (χ3v) is 4.61. The Kier molecular flexibility index (Phi) is 6.82. The fourth-order valence-corrected chi connectivity index (χ4v) is 3.17. The van der Waals surface area contributed by atoms with E-state index in [4.69, 9.17) is 0 Å². The van der Waals surface area contributed by atoms with Crippen molar-refractivity contribution in [1.29, 1.82) is 0 Å². The molecule has 1 saturated heterocycles. The quantitative estimate of drug-likeness (QED) is 0.849. The molecular formula is C20H30N4O3. The summed E-state index contributed by atoms with van der Waals surface area (Å²) in [6, 6.07) is 5.24. The van der Waals surface area contributed by atoms with Gasteiger partial charge >= 0.3 is 6.03 Å². The first-order valence-corrected chi connectivity index (χ1v) is 9.37. The van der Waals surface area contributed by atoms with Crippen molar-refractivity contribution in [3.05, 3.63) is 29.3 Å². The topological polar surface area (TPSA) is 81.8 Å². The predicted molar refractivity (Wildman–Crippen MR) is 106 cm³/mol. The van der Waals surface area contributed by atoms with Crippen LogP contribution in [-0.4, -0.2) is 60.9 Å². The summed E-state index contributed by atoms with van der Waals surface area (Å²) in [6.07, 6.45) is 1.57. The molecular weight excluding hydrogens is 344 g/mol. The number of hydrogen-bond acceptors (Lipinski definition) is 3. The molecule has 0 aromatic heterocycles. The average molecular weight is 374 g/mol. The van der Waals surface area contributed by atoms with Gasteiger partial charge in [-0.3, -0.25) is 9.59 Å². The van der Waals surface area contributed by atoms with Crippen molar-refractivity contribution >= 4 is 23.5 Å². The third-order valence-electron chi connectivity index (χ3n) is 4.61. The second-order valence-corrected chi connectivity index (χ2v) is 7.61. The molecule has 0 saturated carbocycles. The minimum absolute atomic E-state index is 0.0656. The zero-order chi connectivity index (χ0) is 20.1. The molecule has 2 rings (SSSR count). The molecule has 148 valence electrons. The Morgan fingerprint density at radius 2 is 1.93 bits per heavy atom. The molecule has 1 atom stereocenters. The highest BCUT2D eigenvalue weighted by atomic mass is 16.2. The largest absolute Gasteiger partial charge is 0.350 e. The van der Waals surface area contributed by atoms with Gasteiger partial charge in [0.2, 0.25) is 5.91 Å². The van der Waals surface area contributed by atoms with Crippen LogP contribution < -0.4 is 10.6 Å². The standard InChI is InChI=1S/C20H30N4O3/c1-13(2)21-18(25)15-8-9-17(14(3)11-15)22-19(26)16-7-6-10-24(12-16)20(27)23(4)5/h8-9,11,13,16H,6-7,10,12H2,1-5H3,(H,21,25)(H,22,26). The van der Waals surface area contributed by atoms with Gasteiger partial charge in [0.25, 0.3) is 5.91 Å². The molecule has 7 nitrogen and oxygen atoms in total. The van der Waals surface area contributed by atoms with Gasteiger partial charge in [-0.2, -0.15) is 0 Å². The number of hydrogen-bond donors (Lipinski definition) is 2. The second-order valence-electron chi connectivity index (χ2n) is 7.61. The highest BCUT2D eigenvalue weighted by Gasteiger charge is 2.29. The number of amides is 4. The van der Waals surface area contributed by atoms with E-state index in [0.29, 0.717) is 24.3 Å². The van der Waals surface area contributed by atoms with Crippen molar-refractivity contribution in [3.63, 3.8) is 0 Å². The molecule has 27 heavy (non-hydrogen) atoms. The van der Waals surface area contributed by atoms with Crippen LogP contribution >= 0.6 is 0 Å². The van der Waals surface area contributed by atoms with Gasteiger partial charge in [-0.25, -0.2) is 4.79 Å². The maximum absolute atomic E-state index is 12.7. The third kappa shape index (κ3) is 5.45. The maximum Gasteiger partial charge on any atom is 0.319 e. The predicted octanol–water partition coefficient (Wildman–Crippen LogP) is 2.47. The number of urea groups is 1. The number of rotatable bonds is 4. The molecule has 0 radical (unpaired) electrons. The van der Waals surface area contributed by atoms with Gasteiger partial charge in [-0.1, -0.05) is 0 Å². The number of anilines is 1. The summed E-state index contributed by atoms with van der Waals surface area (Å²) in [4.78, 5) is 40.2. The second kappa shape index (κ2) is 8.88. The molecule has 4 amide bonds. The number of likely N-dealkylation sites (tertiary alicyclic amines) is 1. The van der Waals surface area contributed by atoms with E-state index >= 15 is 0 Å². The molecule has 1 aliphatic heterocycles. The molecule has 7 heteroatoms. The van der Waals surface area contributed by atoms with Crippen molar-refractivity contribution < 1.29 is 14.4 Å². The van der Waals surface area contributed by atoms with Crippen molar-refractivity contribution in [2.24, 2.45) is 5.92 Å². The minimum Gasteiger partial charge on any atom is -0.350 e. The molecule has 1 fully saturated rings. The van der Waals surface area contributed by atoms with Crippen LogP contribution in [0.1, 0.15) is 42.6 Å². The lowest BCUT2D eigenvalue weighted by Gasteiger charge is -2.33. The average Bonchev–Trinajstić information content (AvgIpc) is 2.62. The fraction of sp³-hybridized carbons (Fsp3) is 0.550. The van der Waals surface area contributed by atoms with Crippen molar-refractivity contribution in [2.45, 2.75) is 39.7 Å². The van der Waals surface area contributed by atoms with E-state index in [1.807, 2.05) is 20.8 Å². The number of piperidine rings is 1. The summed E-state index contributed by atoms with van der Waals surface area (Å²) in [7, 11) is 3.43. The summed E-state index contributed by atoms with van der Waals surface area (Å²) >= 11 is 0. The molecule has 0 aliphatic carbocycles. The van der Waals surface area contributed by atoms with E-state index in [1.54, 1.807) is 37.2 Å². The van der Waals surface area contributed by atoms with Gasteiger partial charge in [0.15, 0.2) is 0 Å². The Bertz CT molecular complexity index is 715. The smallest absolute Gasteiger partial charge is 0.319 e. The summed E-state index contributed by atoms with van der Waals surface area (Å²) in [5.41, 5.74) is 2.09. The lowest BCUT2D eigenvalue weighted by atomic mass is 9.97. The molecule has 0 spiro atoms. The van der Waals surface area contributed by atoms with Crippen LogP contribution in [-0.2, 0) is 4.79 Å². The highest BCUT2D eigenvalue weighted by molar-refractivity contribution is 5.97. The van der Waals surface area contributed by atoms with Crippen molar-refractivity contribution in [3.8, 4) is 0 Å². The fourth-order valence-electron chi connectivity index (χ4n) is 3.17. The van der Waals surface area contributed by atoms with E-state index < -0.39 is 0 Å². The number of nitrogens with zero attached hydrogens (tertiary/aromatic N) is 2. The first kappa shape index (κ1) is 20.7. The molecule has 1 unspecified atom stereocenters. The number of carbonyl (C=O) groups is 3. The zero-order valence-electron chi connectivity index (χ0n) is 16.8. The Labute approximate surface area is 161 Å². The van der Waals surface area contributed by atoms with Gasteiger partial charge in [-0.15, -0.1) is 0 Å². The summed E-state index contributed by atoms with van der Waals surface area (Å²) in [6.45, 7) is 6.79. The molecule has 1 aromatic carbocycles. The molecule has 0 bridgehead atoms. The van der Waals surface area contributed by atoms with Gasteiger partial charge < -0.3 is 20.4 Å². The van der Waals surface area contributed by atoms with E-state index in [9.17, 15) is 14.4 Å².